The van der Waals surface area contributed by atoms with Crippen molar-refractivity contribution in [2.24, 2.45) is 0 Å². The van der Waals surface area contributed by atoms with Crippen molar-refractivity contribution in [1.82, 2.24) is 15.1 Å². The lowest BCUT2D eigenvalue weighted by Crippen LogP contribution is -2.15. The van der Waals surface area contributed by atoms with Gasteiger partial charge >= 0.3 is 0 Å². The van der Waals surface area contributed by atoms with Gasteiger partial charge in [0.15, 0.2) is 0 Å². The normalized spacial score (nSPS) is 15.2. The number of aryl methyl sites for hydroxylation is 3. The van der Waals surface area contributed by atoms with Crippen LogP contribution in [-0.2, 0) is 19.5 Å². The lowest BCUT2D eigenvalue weighted by Gasteiger charge is -2.00. The van der Waals surface area contributed by atoms with E-state index in [0.29, 0.717) is 0 Å². The highest BCUT2D eigenvalue weighted by atomic mass is 32.1. The monoisotopic (exact) mass is 261 g/mol. The number of nitrogens with zero attached hydrogens (tertiary/aromatic N) is 2. The van der Waals surface area contributed by atoms with Crippen molar-refractivity contribution in [2.45, 2.75) is 45.3 Å². The van der Waals surface area contributed by atoms with Crippen LogP contribution in [0.5, 0.6) is 0 Å². The van der Waals surface area contributed by atoms with Crippen molar-refractivity contribution in [3.05, 3.63) is 39.8 Å². The first-order valence-electron chi connectivity index (χ1n) is 6.60. The average Bonchev–Trinajstić information content (AvgIpc) is 2.91. The third-order valence-corrected chi connectivity index (χ3v) is 4.31. The largest absolute Gasteiger partial charge is 0.310 e. The minimum atomic E-state index is 0.763. The molecular weight excluding hydrogens is 242 g/mol. The summed E-state index contributed by atoms with van der Waals surface area (Å²) in [5.41, 5.74) is 2.50. The standard InChI is InChI=1S/C14H19N3S/c1-11-12(9-15-13-4-5-13)10-17(16-11)7-6-14-3-2-8-18-14/h2-3,8,10,13,15H,4-7,9H2,1H3. The van der Waals surface area contributed by atoms with Crippen molar-refractivity contribution in [2.75, 3.05) is 0 Å². The Balaban J connectivity index is 1.56. The van der Waals surface area contributed by atoms with Crippen LogP contribution in [0.25, 0.3) is 0 Å². The van der Waals surface area contributed by atoms with Crippen LogP contribution < -0.4 is 5.32 Å². The van der Waals surface area contributed by atoms with E-state index < -0.39 is 0 Å². The zero-order chi connectivity index (χ0) is 12.4. The van der Waals surface area contributed by atoms with Crippen LogP contribution >= 0.6 is 11.3 Å². The SMILES string of the molecule is Cc1nn(CCc2cccs2)cc1CNC1CC1. The summed E-state index contributed by atoms with van der Waals surface area (Å²) < 4.78 is 2.08. The summed E-state index contributed by atoms with van der Waals surface area (Å²) in [4.78, 5) is 1.43. The minimum Gasteiger partial charge on any atom is -0.310 e. The van der Waals surface area contributed by atoms with E-state index in [1.807, 2.05) is 11.3 Å². The molecule has 4 heteroatoms. The molecule has 1 N–H and O–H groups in total. The van der Waals surface area contributed by atoms with E-state index in [0.717, 1.165) is 31.2 Å². The topological polar surface area (TPSA) is 29.9 Å². The summed E-state index contributed by atoms with van der Waals surface area (Å²) in [5, 5.41) is 10.3. The van der Waals surface area contributed by atoms with Crippen molar-refractivity contribution in [3.8, 4) is 0 Å². The molecule has 96 valence electrons. The summed E-state index contributed by atoms with van der Waals surface area (Å²) in [6, 6.07) is 5.06. The quantitative estimate of drug-likeness (QED) is 0.866. The zero-order valence-electron chi connectivity index (χ0n) is 10.7. The maximum atomic E-state index is 4.59. The lowest BCUT2D eigenvalue weighted by atomic mass is 10.2. The highest BCUT2D eigenvalue weighted by Crippen LogP contribution is 2.19. The van der Waals surface area contributed by atoms with Crippen LogP contribution in [0, 0.1) is 6.92 Å². The third kappa shape index (κ3) is 3.00. The van der Waals surface area contributed by atoms with Crippen LogP contribution in [0.2, 0.25) is 0 Å². The van der Waals surface area contributed by atoms with Crippen LogP contribution in [0.3, 0.4) is 0 Å². The zero-order valence-corrected chi connectivity index (χ0v) is 11.5. The first kappa shape index (κ1) is 11.9. The molecule has 3 rings (SSSR count). The fourth-order valence-corrected chi connectivity index (χ4v) is 2.77. The van der Waals surface area contributed by atoms with E-state index in [4.69, 9.17) is 0 Å². The molecule has 0 bridgehead atoms. The molecule has 2 aromatic rings. The molecule has 0 radical (unpaired) electrons. The van der Waals surface area contributed by atoms with Gasteiger partial charge in [0.05, 0.1) is 5.69 Å². The van der Waals surface area contributed by atoms with Gasteiger partial charge in [-0.3, -0.25) is 4.68 Å². The molecule has 0 amide bonds. The predicted octanol–water partition coefficient (Wildman–Crippen LogP) is 2.75. The molecule has 0 atom stereocenters. The van der Waals surface area contributed by atoms with Gasteiger partial charge in [-0.05, 0) is 31.2 Å². The van der Waals surface area contributed by atoms with Gasteiger partial charge in [-0.2, -0.15) is 5.10 Å². The van der Waals surface area contributed by atoms with Crippen LogP contribution in [-0.4, -0.2) is 15.8 Å². The molecule has 2 heterocycles. The molecule has 1 aliphatic rings. The highest BCUT2D eigenvalue weighted by Gasteiger charge is 2.20. The van der Waals surface area contributed by atoms with Gasteiger partial charge in [0, 0.05) is 42.2 Å². The van der Waals surface area contributed by atoms with Gasteiger partial charge in [-0.25, -0.2) is 0 Å². The number of hydrogen-bond acceptors (Lipinski definition) is 3. The Labute approximate surface area is 112 Å². The summed E-state index contributed by atoms with van der Waals surface area (Å²) in [7, 11) is 0. The number of rotatable bonds is 6. The van der Waals surface area contributed by atoms with E-state index in [2.05, 4.69) is 45.7 Å². The molecule has 2 aromatic heterocycles. The molecular formula is C14H19N3S. The highest BCUT2D eigenvalue weighted by molar-refractivity contribution is 7.09. The van der Waals surface area contributed by atoms with E-state index in [1.165, 1.54) is 23.3 Å². The van der Waals surface area contributed by atoms with Gasteiger partial charge in [-0.1, -0.05) is 6.07 Å². The van der Waals surface area contributed by atoms with Gasteiger partial charge in [0.1, 0.15) is 0 Å². The minimum absolute atomic E-state index is 0.763. The second-order valence-electron chi connectivity index (χ2n) is 4.99. The van der Waals surface area contributed by atoms with Crippen molar-refractivity contribution in [3.63, 3.8) is 0 Å². The van der Waals surface area contributed by atoms with E-state index in [-0.39, 0.29) is 0 Å². The van der Waals surface area contributed by atoms with E-state index in [1.54, 1.807) is 0 Å². The number of nitrogens with one attached hydrogen (secondary N) is 1. The second kappa shape index (κ2) is 5.24. The average molecular weight is 261 g/mol. The van der Waals surface area contributed by atoms with Gasteiger partial charge in [0.25, 0.3) is 0 Å². The fourth-order valence-electron chi connectivity index (χ4n) is 2.07. The molecule has 18 heavy (non-hydrogen) atoms. The summed E-state index contributed by atoms with van der Waals surface area (Å²) in [6.07, 6.45) is 5.95. The fraction of sp³-hybridized carbons (Fsp3) is 0.500. The Kier molecular flexibility index (Phi) is 3.48. The number of hydrogen-bond donors (Lipinski definition) is 1. The van der Waals surface area contributed by atoms with E-state index in [9.17, 15) is 0 Å². The first-order valence-corrected chi connectivity index (χ1v) is 7.48. The maximum absolute atomic E-state index is 4.59. The molecule has 3 nitrogen and oxygen atoms in total. The molecule has 1 aliphatic carbocycles. The number of thiophene rings is 1. The summed E-state index contributed by atoms with van der Waals surface area (Å²) in [6.45, 7) is 4.05. The Hall–Kier alpha value is -1.13. The third-order valence-electron chi connectivity index (χ3n) is 3.37. The van der Waals surface area contributed by atoms with Gasteiger partial charge < -0.3 is 5.32 Å². The molecule has 0 unspecified atom stereocenters. The lowest BCUT2D eigenvalue weighted by molar-refractivity contribution is 0.612. The summed E-state index contributed by atoms with van der Waals surface area (Å²) >= 11 is 1.82. The Morgan fingerprint density at radius 3 is 3.11 bits per heavy atom. The summed E-state index contributed by atoms with van der Waals surface area (Å²) in [5.74, 6) is 0. The molecule has 0 spiro atoms. The van der Waals surface area contributed by atoms with Gasteiger partial charge in [0.2, 0.25) is 0 Å². The Bertz CT molecular complexity index is 497. The first-order chi connectivity index (χ1) is 8.81. The van der Waals surface area contributed by atoms with Crippen molar-refractivity contribution >= 4 is 11.3 Å². The van der Waals surface area contributed by atoms with Gasteiger partial charge in [-0.15, -0.1) is 11.3 Å². The van der Waals surface area contributed by atoms with Crippen LogP contribution in [0.15, 0.2) is 23.7 Å². The molecule has 0 aromatic carbocycles. The maximum Gasteiger partial charge on any atom is 0.0638 e. The Morgan fingerprint density at radius 1 is 1.50 bits per heavy atom. The smallest absolute Gasteiger partial charge is 0.0638 e. The molecule has 1 saturated carbocycles. The second-order valence-corrected chi connectivity index (χ2v) is 6.02. The van der Waals surface area contributed by atoms with Crippen LogP contribution in [0.1, 0.15) is 29.0 Å². The van der Waals surface area contributed by atoms with Crippen molar-refractivity contribution in [1.29, 1.82) is 0 Å². The molecule has 0 aliphatic heterocycles. The molecule has 1 fully saturated rings. The Morgan fingerprint density at radius 2 is 2.39 bits per heavy atom. The van der Waals surface area contributed by atoms with Crippen molar-refractivity contribution < 1.29 is 0 Å². The van der Waals surface area contributed by atoms with E-state index >= 15 is 0 Å². The number of aromatic nitrogens is 2. The molecule has 0 saturated heterocycles. The predicted molar refractivity (Wildman–Crippen MR) is 74.8 cm³/mol. The van der Waals surface area contributed by atoms with Crippen LogP contribution in [0.4, 0.5) is 0 Å².